The monoisotopic (exact) mass is 333 g/mol. The molecule has 0 bridgehead atoms. The van der Waals surface area contributed by atoms with Gasteiger partial charge in [0.05, 0.1) is 7.11 Å². The number of nitrogens with one attached hydrogen (secondary N) is 1. The van der Waals surface area contributed by atoms with Crippen LogP contribution in [-0.2, 0) is 13.0 Å². The normalized spacial score (nSPS) is 10.3. The molecule has 0 aromatic heterocycles. The molecule has 1 N–H and O–H groups in total. The maximum absolute atomic E-state index is 5.80. The average Bonchev–Trinajstić information content (AvgIpc) is 2.69. The number of anilines is 1. The van der Waals surface area contributed by atoms with Crippen LogP contribution < -0.4 is 14.8 Å². The van der Waals surface area contributed by atoms with Gasteiger partial charge in [0.25, 0.3) is 0 Å². The highest BCUT2D eigenvalue weighted by Gasteiger charge is 1.98. The first-order valence-electron chi connectivity index (χ1n) is 8.47. The summed E-state index contributed by atoms with van der Waals surface area (Å²) in [5.74, 6) is 1.77. The Morgan fingerprint density at radius 3 is 2.08 bits per heavy atom. The van der Waals surface area contributed by atoms with Crippen LogP contribution in [0.2, 0.25) is 0 Å². The molecule has 0 unspecified atom stereocenters. The van der Waals surface area contributed by atoms with E-state index < -0.39 is 0 Å². The number of ether oxygens (including phenoxy) is 2. The van der Waals surface area contributed by atoms with Crippen molar-refractivity contribution in [2.24, 2.45) is 0 Å². The molecule has 0 amide bonds. The highest BCUT2D eigenvalue weighted by Crippen LogP contribution is 2.17. The first-order chi connectivity index (χ1) is 12.3. The van der Waals surface area contributed by atoms with E-state index in [4.69, 9.17) is 9.47 Å². The molecule has 0 radical (unpaired) electrons. The van der Waals surface area contributed by atoms with Crippen LogP contribution in [0, 0.1) is 0 Å². The van der Waals surface area contributed by atoms with E-state index in [1.54, 1.807) is 7.11 Å². The van der Waals surface area contributed by atoms with Crippen molar-refractivity contribution in [3.05, 3.63) is 90.0 Å². The van der Waals surface area contributed by atoms with Gasteiger partial charge in [-0.3, -0.25) is 0 Å². The van der Waals surface area contributed by atoms with Gasteiger partial charge in [-0.25, -0.2) is 0 Å². The lowest BCUT2D eigenvalue weighted by Gasteiger charge is -2.09. The smallest absolute Gasteiger partial charge is 0.119 e. The number of rotatable bonds is 8. The molecule has 3 heteroatoms. The minimum Gasteiger partial charge on any atom is -0.497 e. The second-order valence-electron chi connectivity index (χ2n) is 5.82. The van der Waals surface area contributed by atoms with Crippen molar-refractivity contribution < 1.29 is 9.47 Å². The fourth-order valence-electron chi connectivity index (χ4n) is 2.55. The number of hydrogen-bond acceptors (Lipinski definition) is 3. The number of methoxy groups -OCH3 is 1. The van der Waals surface area contributed by atoms with E-state index >= 15 is 0 Å². The Hall–Kier alpha value is -2.94. The largest absolute Gasteiger partial charge is 0.497 e. The summed E-state index contributed by atoms with van der Waals surface area (Å²) >= 11 is 0. The van der Waals surface area contributed by atoms with Crippen LogP contribution in [0.25, 0.3) is 0 Å². The van der Waals surface area contributed by atoms with Crippen LogP contribution in [0.15, 0.2) is 78.9 Å². The SMILES string of the molecule is COc1ccc(CCNc2ccc(OCc3ccccc3)cc2)cc1. The third kappa shape index (κ3) is 5.28. The molecule has 3 rings (SSSR count). The molecule has 25 heavy (non-hydrogen) atoms. The highest BCUT2D eigenvalue weighted by molar-refractivity contribution is 5.46. The summed E-state index contributed by atoms with van der Waals surface area (Å²) < 4.78 is 11.0. The minimum atomic E-state index is 0.588. The fraction of sp³-hybridized carbons (Fsp3) is 0.182. The zero-order chi connectivity index (χ0) is 17.3. The summed E-state index contributed by atoms with van der Waals surface area (Å²) in [7, 11) is 1.68. The summed E-state index contributed by atoms with van der Waals surface area (Å²) in [5.41, 5.74) is 3.56. The van der Waals surface area contributed by atoms with Crippen LogP contribution in [0.3, 0.4) is 0 Å². The topological polar surface area (TPSA) is 30.5 Å². The Bertz CT molecular complexity index is 752. The lowest BCUT2D eigenvalue weighted by molar-refractivity contribution is 0.306. The summed E-state index contributed by atoms with van der Waals surface area (Å²) in [6.45, 7) is 1.47. The van der Waals surface area contributed by atoms with Crippen molar-refractivity contribution >= 4 is 5.69 Å². The maximum Gasteiger partial charge on any atom is 0.119 e. The molecule has 3 aromatic carbocycles. The highest BCUT2D eigenvalue weighted by atomic mass is 16.5. The average molecular weight is 333 g/mol. The van der Waals surface area contributed by atoms with Gasteiger partial charge < -0.3 is 14.8 Å². The van der Waals surface area contributed by atoms with Gasteiger partial charge in [-0.15, -0.1) is 0 Å². The third-order valence-corrected chi connectivity index (χ3v) is 4.00. The van der Waals surface area contributed by atoms with Crippen LogP contribution in [-0.4, -0.2) is 13.7 Å². The van der Waals surface area contributed by atoms with Gasteiger partial charge in [0.15, 0.2) is 0 Å². The Labute approximate surface area is 149 Å². The standard InChI is InChI=1S/C22H23NO2/c1-24-21-11-7-18(8-12-21)15-16-23-20-9-13-22(14-10-20)25-17-19-5-3-2-4-6-19/h2-14,23H,15-17H2,1H3. The molecule has 3 aromatic rings. The summed E-state index contributed by atoms with van der Waals surface area (Å²) in [6, 6.07) is 26.5. The van der Waals surface area contributed by atoms with E-state index in [2.05, 4.69) is 29.6 Å². The predicted octanol–water partition coefficient (Wildman–Crippen LogP) is 4.93. The molecule has 0 atom stereocenters. The van der Waals surface area contributed by atoms with Gasteiger partial charge >= 0.3 is 0 Å². The lowest BCUT2D eigenvalue weighted by atomic mass is 10.1. The van der Waals surface area contributed by atoms with E-state index in [-0.39, 0.29) is 0 Å². The van der Waals surface area contributed by atoms with Crippen molar-refractivity contribution in [1.29, 1.82) is 0 Å². The molecule has 128 valence electrons. The second-order valence-corrected chi connectivity index (χ2v) is 5.82. The summed E-state index contributed by atoms with van der Waals surface area (Å²) in [5, 5.41) is 3.44. The second kappa shape index (κ2) is 8.78. The molecule has 3 nitrogen and oxygen atoms in total. The lowest BCUT2D eigenvalue weighted by Crippen LogP contribution is -2.04. The molecule has 0 saturated heterocycles. The van der Waals surface area contributed by atoms with E-state index in [0.717, 1.165) is 30.2 Å². The van der Waals surface area contributed by atoms with Gasteiger partial charge in [0, 0.05) is 12.2 Å². The Kier molecular flexibility index (Phi) is 5.94. The van der Waals surface area contributed by atoms with Crippen LogP contribution in [0.4, 0.5) is 5.69 Å². The van der Waals surface area contributed by atoms with Crippen LogP contribution >= 0.6 is 0 Å². The molecule has 0 heterocycles. The van der Waals surface area contributed by atoms with Gasteiger partial charge in [-0.05, 0) is 53.9 Å². The van der Waals surface area contributed by atoms with Gasteiger partial charge in [-0.1, -0.05) is 42.5 Å². The van der Waals surface area contributed by atoms with E-state index in [9.17, 15) is 0 Å². The summed E-state index contributed by atoms with van der Waals surface area (Å²) in [4.78, 5) is 0. The maximum atomic E-state index is 5.80. The first-order valence-corrected chi connectivity index (χ1v) is 8.47. The zero-order valence-corrected chi connectivity index (χ0v) is 14.4. The molecule has 0 spiro atoms. The molecule has 0 aliphatic rings. The van der Waals surface area contributed by atoms with Crippen molar-refractivity contribution in [3.63, 3.8) is 0 Å². The van der Waals surface area contributed by atoms with Crippen molar-refractivity contribution in [2.45, 2.75) is 13.0 Å². The van der Waals surface area contributed by atoms with Crippen molar-refractivity contribution in [1.82, 2.24) is 0 Å². The van der Waals surface area contributed by atoms with E-state index in [1.165, 1.54) is 11.1 Å². The van der Waals surface area contributed by atoms with E-state index in [1.807, 2.05) is 54.6 Å². The van der Waals surface area contributed by atoms with E-state index in [0.29, 0.717) is 6.61 Å². The third-order valence-electron chi connectivity index (χ3n) is 4.00. The van der Waals surface area contributed by atoms with Crippen molar-refractivity contribution in [2.75, 3.05) is 19.0 Å². The molecule has 0 saturated carbocycles. The molecular formula is C22H23NO2. The van der Waals surface area contributed by atoms with Gasteiger partial charge in [-0.2, -0.15) is 0 Å². The molecular weight excluding hydrogens is 310 g/mol. The van der Waals surface area contributed by atoms with Crippen molar-refractivity contribution in [3.8, 4) is 11.5 Å². The minimum absolute atomic E-state index is 0.588. The zero-order valence-electron chi connectivity index (χ0n) is 14.4. The van der Waals surface area contributed by atoms with Gasteiger partial charge in [0.1, 0.15) is 18.1 Å². The first kappa shape index (κ1) is 16.9. The quantitative estimate of drug-likeness (QED) is 0.634. The molecule has 0 fully saturated rings. The predicted molar refractivity (Wildman–Crippen MR) is 102 cm³/mol. The Morgan fingerprint density at radius 1 is 0.720 bits per heavy atom. The fourth-order valence-corrected chi connectivity index (χ4v) is 2.55. The van der Waals surface area contributed by atoms with Gasteiger partial charge in [0.2, 0.25) is 0 Å². The molecule has 0 aliphatic heterocycles. The van der Waals surface area contributed by atoms with Crippen LogP contribution in [0.5, 0.6) is 11.5 Å². The Balaban J connectivity index is 1.44. The number of benzene rings is 3. The Morgan fingerprint density at radius 2 is 1.40 bits per heavy atom. The van der Waals surface area contributed by atoms with Crippen LogP contribution in [0.1, 0.15) is 11.1 Å². The molecule has 0 aliphatic carbocycles. The number of hydrogen-bond donors (Lipinski definition) is 1. The summed E-state index contributed by atoms with van der Waals surface area (Å²) in [6.07, 6.45) is 0.969.